The van der Waals surface area contributed by atoms with Crippen LogP contribution in [0.3, 0.4) is 0 Å². The molecule has 2 nitrogen and oxygen atoms in total. The largest absolute Gasteiger partial charge is 0.316 e. The van der Waals surface area contributed by atoms with Gasteiger partial charge in [0.1, 0.15) is 5.82 Å². The Morgan fingerprint density at radius 1 is 1.26 bits per heavy atom. The third kappa shape index (κ3) is 4.65. The van der Waals surface area contributed by atoms with E-state index in [1.165, 1.54) is 17.7 Å². The highest BCUT2D eigenvalue weighted by atomic mass is 32.2. The molecular weight excluding hydrogens is 259 g/mol. The lowest BCUT2D eigenvalue weighted by Crippen LogP contribution is -2.30. The Balaban J connectivity index is 1.87. The van der Waals surface area contributed by atoms with Crippen molar-refractivity contribution in [3.05, 3.63) is 60.2 Å². The summed E-state index contributed by atoms with van der Waals surface area (Å²) in [4.78, 5) is 5.21. The van der Waals surface area contributed by atoms with Crippen molar-refractivity contribution in [3.8, 4) is 0 Å². The van der Waals surface area contributed by atoms with Crippen LogP contribution < -0.4 is 5.32 Å². The van der Waals surface area contributed by atoms with Gasteiger partial charge in [0.05, 0.1) is 0 Å². The summed E-state index contributed by atoms with van der Waals surface area (Å²) in [6, 6.07) is 11.0. The Labute approximate surface area is 117 Å². The topological polar surface area (TPSA) is 24.9 Å². The maximum atomic E-state index is 12.8. The van der Waals surface area contributed by atoms with Gasteiger partial charge in [0.25, 0.3) is 0 Å². The zero-order valence-electron chi connectivity index (χ0n) is 10.8. The summed E-state index contributed by atoms with van der Waals surface area (Å²) in [5, 5.41) is 3.31. The lowest BCUT2D eigenvalue weighted by atomic mass is 10.1. The minimum absolute atomic E-state index is 0.190. The number of pyridine rings is 1. The second-order valence-corrected chi connectivity index (χ2v) is 5.41. The van der Waals surface area contributed by atoms with Crippen molar-refractivity contribution < 1.29 is 4.39 Å². The van der Waals surface area contributed by atoms with Crippen molar-refractivity contribution in [1.82, 2.24) is 10.3 Å². The van der Waals surface area contributed by atoms with Crippen LogP contribution in [0.1, 0.15) is 5.56 Å². The van der Waals surface area contributed by atoms with Crippen molar-refractivity contribution in [1.29, 1.82) is 0 Å². The Kier molecular flexibility index (Phi) is 5.36. The molecule has 1 heterocycles. The van der Waals surface area contributed by atoms with Crippen LogP contribution >= 0.6 is 11.8 Å². The van der Waals surface area contributed by atoms with Crippen LogP contribution in [0.5, 0.6) is 0 Å². The van der Waals surface area contributed by atoms with E-state index in [0.29, 0.717) is 6.04 Å². The predicted molar refractivity (Wildman–Crippen MR) is 77.9 cm³/mol. The van der Waals surface area contributed by atoms with Crippen LogP contribution in [-0.2, 0) is 6.42 Å². The van der Waals surface area contributed by atoms with Gasteiger partial charge in [0, 0.05) is 29.1 Å². The van der Waals surface area contributed by atoms with Crippen molar-refractivity contribution in [2.75, 3.05) is 12.8 Å². The molecule has 1 aromatic carbocycles. The van der Waals surface area contributed by atoms with Crippen LogP contribution in [0.4, 0.5) is 4.39 Å². The second kappa shape index (κ2) is 7.26. The van der Waals surface area contributed by atoms with Gasteiger partial charge in [-0.2, -0.15) is 0 Å². The zero-order valence-corrected chi connectivity index (χ0v) is 11.7. The van der Waals surface area contributed by atoms with E-state index in [9.17, 15) is 4.39 Å². The normalized spacial score (nSPS) is 12.3. The molecule has 2 rings (SSSR count). The van der Waals surface area contributed by atoms with Crippen molar-refractivity contribution in [2.45, 2.75) is 17.4 Å². The number of nitrogens with zero attached hydrogens (tertiary/aromatic N) is 1. The molecule has 0 bridgehead atoms. The molecule has 4 heteroatoms. The number of aromatic nitrogens is 1. The molecule has 0 fully saturated rings. The number of benzene rings is 1. The number of thioether (sulfide) groups is 1. The highest BCUT2D eigenvalue weighted by Crippen LogP contribution is 2.19. The van der Waals surface area contributed by atoms with E-state index < -0.39 is 0 Å². The number of hydrogen-bond donors (Lipinski definition) is 1. The number of halogens is 1. The fourth-order valence-electron chi connectivity index (χ4n) is 1.78. The lowest BCUT2D eigenvalue weighted by molar-refractivity contribution is 0.616. The second-order valence-electron chi connectivity index (χ2n) is 4.32. The van der Waals surface area contributed by atoms with Crippen LogP contribution in [0.2, 0.25) is 0 Å². The van der Waals surface area contributed by atoms with Gasteiger partial charge >= 0.3 is 0 Å². The number of nitrogens with one attached hydrogen (secondary N) is 1. The fourth-order valence-corrected chi connectivity index (χ4v) is 2.78. The van der Waals surface area contributed by atoms with Crippen LogP contribution in [0.25, 0.3) is 0 Å². The summed E-state index contributed by atoms with van der Waals surface area (Å²) in [6.45, 7) is 0. The van der Waals surface area contributed by atoms with E-state index >= 15 is 0 Å². The van der Waals surface area contributed by atoms with Crippen molar-refractivity contribution in [2.24, 2.45) is 0 Å². The van der Waals surface area contributed by atoms with E-state index in [4.69, 9.17) is 0 Å². The predicted octanol–water partition coefficient (Wildman–Crippen LogP) is 3.14. The van der Waals surface area contributed by atoms with Gasteiger partial charge in [-0.3, -0.25) is 4.98 Å². The van der Waals surface area contributed by atoms with Gasteiger partial charge in [-0.05, 0) is 49.4 Å². The Morgan fingerprint density at radius 2 is 2.05 bits per heavy atom. The van der Waals surface area contributed by atoms with Gasteiger partial charge in [-0.15, -0.1) is 11.8 Å². The third-order valence-corrected chi connectivity index (χ3v) is 4.05. The van der Waals surface area contributed by atoms with E-state index in [1.54, 1.807) is 18.0 Å². The smallest absolute Gasteiger partial charge is 0.123 e. The van der Waals surface area contributed by atoms with E-state index in [-0.39, 0.29) is 5.82 Å². The first-order valence-corrected chi connectivity index (χ1v) is 7.21. The number of likely N-dealkylation sites (N-methyl/N-ethyl adjacent to an activating group) is 1. The van der Waals surface area contributed by atoms with Crippen molar-refractivity contribution >= 4 is 11.8 Å². The summed E-state index contributed by atoms with van der Waals surface area (Å²) in [6.07, 6.45) is 4.62. The molecule has 0 aliphatic heterocycles. The molecule has 2 aromatic rings. The fraction of sp³-hybridized carbons (Fsp3) is 0.267. The summed E-state index contributed by atoms with van der Waals surface area (Å²) < 4.78 is 12.8. The van der Waals surface area contributed by atoms with Gasteiger partial charge < -0.3 is 5.32 Å². The van der Waals surface area contributed by atoms with E-state index in [1.807, 2.05) is 31.4 Å². The van der Waals surface area contributed by atoms with Crippen molar-refractivity contribution in [3.63, 3.8) is 0 Å². The molecule has 0 saturated heterocycles. The maximum Gasteiger partial charge on any atom is 0.123 e. The molecule has 1 aromatic heterocycles. The van der Waals surface area contributed by atoms with Gasteiger partial charge in [-0.25, -0.2) is 4.39 Å². The minimum Gasteiger partial charge on any atom is -0.316 e. The third-order valence-electron chi connectivity index (χ3n) is 2.88. The molecule has 1 atom stereocenters. The molecule has 0 amide bonds. The molecule has 1 unspecified atom stereocenters. The highest BCUT2D eigenvalue weighted by Gasteiger charge is 2.08. The lowest BCUT2D eigenvalue weighted by Gasteiger charge is -2.15. The van der Waals surface area contributed by atoms with E-state index in [2.05, 4.69) is 16.4 Å². The van der Waals surface area contributed by atoms with Crippen LogP contribution in [0, 0.1) is 5.82 Å². The maximum absolute atomic E-state index is 12.8. The molecule has 0 spiro atoms. The first-order chi connectivity index (χ1) is 9.28. The molecule has 0 saturated carbocycles. The highest BCUT2D eigenvalue weighted by molar-refractivity contribution is 7.99. The first kappa shape index (κ1) is 14.0. The molecule has 0 aliphatic rings. The molecule has 1 N–H and O–H groups in total. The Hall–Kier alpha value is -1.39. The quantitative estimate of drug-likeness (QED) is 0.820. The average Bonchev–Trinajstić information content (AvgIpc) is 2.46. The molecule has 19 heavy (non-hydrogen) atoms. The molecule has 0 aliphatic carbocycles. The summed E-state index contributed by atoms with van der Waals surface area (Å²) in [5.41, 5.74) is 1.22. The molecule has 0 radical (unpaired) electrons. The SMILES string of the molecule is CNC(CSc1ccc(F)cc1)Cc1cccnc1. The minimum atomic E-state index is -0.190. The molecule has 100 valence electrons. The van der Waals surface area contributed by atoms with Gasteiger partial charge in [0.2, 0.25) is 0 Å². The standard InChI is InChI=1S/C15H17FN2S/c1-17-14(9-12-3-2-8-18-10-12)11-19-15-6-4-13(16)5-7-15/h2-8,10,14,17H,9,11H2,1H3. The Morgan fingerprint density at radius 3 is 2.68 bits per heavy atom. The average molecular weight is 276 g/mol. The summed E-state index contributed by atoms with van der Waals surface area (Å²) >= 11 is 1.73. The number of hydrogen-bond acceptors (Lipinski definition) is 3. The van der Waals surface area contributed by atoms with Crippen LogP contribution in [-0.4, -0.2) is 23.8 Å². The van der Waals surface area contributed by atoms with Crippen LogP contribution in [0.15, 0.2) is 53.7 Å². The summed E-state index contributed by atoms with van der Waals surface area (Å²) in [7, 11) is 1.96. The van der Waals surface area contributed by atoms with E-state index in [0.717, 1.165) is 17.1 Å². The summed E-state index contributed by atoms with van der Waals surface area (Å²) in [5.74, 6) is 0.752. The Bertz CT molecular complexity index is 487. The van der Waals surface area contributed by atoms with Gasteiger partial charge in [-0.1, -0.05) is 6.07 Å². The zero-order chi connectivity index (χ0) is 13.5. The number of rotatable bonds is 6. The first-order valence-electron chi connectivity index (χ1n) is 6.22. The monoisotopic (exact) mass is 276 g/mol. The molecular formula is C15H17FN2S. The van der Waals surface area contributed by atoms with Gasteiger partial charge in [0.15, 0.2) is 0 Å².